The van der Waals surface area contributed by atoms with E-state index in [2.05, 4.69) is 15.1 Å². The van der Waals surface area contributed by atoms with Gasteiger partial charge in [0.15, 0.2) is 0 Å². The van der Waals surface area contributed by atoms with Crippen molar-refractivity contribution in [1.29, 1.82) is 0 Å². The molecule has 152 valence electrons. The molecule has 0 spiro atoms. The molecular weight excluding hydrogens is 409 g/mol. The third-order valence-corrected chi connectivity index (χ3v) is 5.20. The van der Waals surface area contributed by atoms with E-state index in [1.165, 1.54) is 6.20 Å². The Morgan fingerprint density at radius 2 is 2.29 bits per heavy atom. The molecule has 28 heavy (non-hydrogen) atoms. The summed E-state index contributed by atoms with van der Waals surface area (Å²) in [5.41, 5.74) is 1.05. The van der Waals surface area contributed by atoms with Crippen LogP contribution in [0.3, 0.4) is 0 Å². The Morgan fingerprint density at radius 1 is 1.50 bits per heavy atom. The van der Waals surface area contributed by atoms with Gasteiger partial charge in [0, 0.05) is 6.61 Å². The lowest BCUT2D eigenvalue weighted by atomic mass is 10.0. The largest absolute Gasteiger partial charge is 0.472 e. The topological polar surface area (TPSA) is 105 Å². The number of aromatic nitrogens is 4. The van der Waals surface area contributed by atoms with Crippen LogP contribution in [0.4, 0.5) is 5.69 Å². The van der Waals surface area contributed by atoms with Crippen molar-refractivity contribution in [3.05, 3.63) is 38.0 Å². The summed E-state index contributed by atoms with van der Waals surface area (Å²) in [5.74, 6) is 0.221. The zero-order valence-electron chi connectivity index (χ0n) is 15.6. The Balaban J connectivity index is 1.63. The molecule has 0 unspecified atom stereocenters. The van der Waals surface area contributed by atoms with Crippen molar-refractivity contribution < 1.29 is 14.4 Å². The van der Waals surface area contributed by atoms with Gasteiger partial charge in [-0.3, -0.25) is 14.8 Å². The minimum atomic E-state index is -0.448. The van der Waals surface area contributed by atoms with Crippen molar-refractivity contribution in [3.8, 4) is 5.88 Å². The minimum absolute atomic E-state index is 0.000344. The molecule has 0 aliphatic carbocycles. The van der Waals surface area contributed by atoms with Crippen molar-refractivity contribution >= 4 is 28.9 Å². The average molecular weight is 430 g/mol. The molecule has 1 saturated heterocycles. The second-order valence-corrected chi connectivity index (χ2v) is 7.58. The van der Waals surface area contributed by atoms with E-state index in [0.717, 1.165) is 6.42 Å². The molecule has 1 aliphatic rings. The van der Waals surface area contributed by atoms with Crippen LogP contribution in [0.2, 0.25) is 10.3 Å². The Hall–Kier alpha value is -1.97. The van der Waals surface area contributed by atoms with E-state index in [1.807, 2.05) is 6.92 Å². The second-order valence-electron chi connectivity index (χ2n) is 6.84. The predicted molar refractivity (Wildman–Crippen MR) is 103 cm³/mol. The van der Waals surface area contributed by atoms with E-state index >= 15 is 0 Å². The minimum Gasteiger partial charge on any atom is -0.472 e. The quantitative estimate of drug-likeness (QED) is 0.356. The number of nitro groups is 1. The van der Waals surface area contributed by atoms with Crippen LogP contribution in [-0.2, 0) is 11.2 Å². The van der Waals surface area contributed by atoms with Gasteiger partial charge < -0.3 is 9.47 Å². The number of halogens is 2. The summed E-state index contributed by atoms with van der Waals surface area (Å²) >= 11 is 11.9. The van der Waals surface area contributed by atoms with Gasteiger partial charge in [0.05, 0.1) is 41.1 Å². The fourth-order valence-electron chi connectivity index (χ4n) is 3.17. The van der Waals surface area contributed by atoms with Crippen molar-refractivity contribution in [1.82, 2.24) is 19.7 Å². The molecule has 0 N–H and O–H groups in total. The van der Waals surface area contributed by atoms with Gasteiger partial charge in [0.1, 0.15) is 5.69 Å². The maximum absolute atomic E-state index is 11.5. The summed E-state index contributed by atoms with van der Waals surface area (Å²) in [7, 11) is 0. The predicted octanol–water partition coefficient (Wildman–Crippen LogP) is 3.81. The molecule has 0 saturated carbocycles. The van der Waals surface area contributed by atoms with Crippen LogP contribution in [0.15, 0.2) is 6.20 Å². The van der Waals surface area contributed by atoms with Crippen molar-refractivity contribution in [2.45, 2.75) is 39.2 Å². The van der Waals surface area contributed by atoms with E-state index < -0.39 is 4.92 Å². The maximum atomic E-state index is 11.5. The van der Waals surface area contributed by atoms with Gasteiger partial charge in [0.25, 0.3) is 0 Å². The first-order valence-electron chi connectivity index (χ1n) is 8.97. The third-order valence-electron chi connectivity index (χ3n) is 4.70. The molecule has 0 bridgehead atoms. The molecule has 0 radical (unpaired) electrons. The highest BCUT2D eigenvalue weighted by Gasteiger charge is 2.31. The molecule has 1 fully saturated rings. The smallest absolute Gasteiger partial charge is 0.352 e. The van der Waals surface area contributed by atoms with E-state index in [1.54, 1.807) is 11.6 Å². The Morgan fingerprint density at radius 3 is 2.96 bits per heavy atom. The summed E-state index contributed by atoms with van der Waals surface area (Å²) in [4.78, 5) is 19.0. The van der Waals surface area contributed by atoms with Crippen LogP contribution in [-0.4, -0.2) is 44.5 Å². The SMILES string of the molecule is Cc1c([N+](=O)[O-])c(OCC[C@@H](C)Cc2nc(Cl)ncc2Cl)nn1[C@H]1CCOC1. The molecular formula is C17H21Cl2N5O4. The summed E-state index contributed by atoms with van der Waals surface area (Å²) in [6, 6.07) is -0.000344. The molecule has 2 aromatic rings. The highest BCUT2D eigenvalue weighted by atomic mass is 35.5. The molecule has 0 aromatic carbocycles. The van der Waals surface area contributed by atoms with Gasteiger partial charge in [-0.05, 0) is 43.7 Å². The summed E-state index contributed by atoms with van der Waals surface area (Å²) in [6.07, 6.45) is 3.49. The van der Waals surface area contributed by atoms with Gasteiger partial charge in [-0.15, -0.1) is 5.10 Å². The van der Waals surface area contributed by atoms with Crippen molar-refractivity contribution in [2.24, 2.45) is 5.92 Å². The normalized spacial score (nSPS) is 17.6. The molecule has 2 atom stereocenters. The first-order valence-corrected chi connectivity index (χ1v) is 9.73. The standard InChI is InChI=1S/C17H21Cl2N5O4/c1-10(7-14-13(18)8-20-17(19)21-14)3-6-28-16-15(24(25)26)11(2)23(22-16)12-4-5-27-9-12/h8,10,12H,3-7,9H2,1-2H3/t10-,12+/m1/s1. The van der Waals surface area contributed by atoms with Crippen LogP contribution in [0.25, 0.3) is 0 Å². The first kappa shape index (κ1) is 20.8. The maximum Gasteiger partial charge on any atom is 0.352 e. The molecule has 0 amide bonds. The van der Waals surface area contributed by atoms with Crippen molar-refractivity contribution in [3.63, 3.8) is 0 Å². The van der Waals surface area contributed by atoms with E-state index in [0.29, 0.717) is 42.5 Å². The fourth-order valence-corrected chi connectivity index (χ4v) is 3.49. The lowest BCUT2D eigenvalue weighted by Crippen LogP contribution is -2.12. The van der Waals surface area contributed by atoms with Crippen LogP contribution < -0.4 is 4.74 Å². The first-order chi connectivity index (χ1) is 13.4. The zero-order chi connectivity index (χ0) is 20.3. The fraction of sp³-hybridized carbons (Fsp3) is 0.588. The zero-order valence-corrected chi connectivity index (χ0v) is 17.1. The number of nitrogens with zero attached hydrogens (tertiary/aromatic N) is 5. The Labute approximate surface area is 172 Å². The van der Waals surface area contributed by atoms with Gasteiger partial charge in [-0.25, -0.2) is 9.97 Å². The van der Waals surface area contributed by atoms with Gasteiger partial charge in [-0.1, -0.05) is 18.5 Å². The molecule has 9 nitrogen and oxygen atoms in total. The summed E-state index contributed by atoms with van der Waals surface area (Å²) < 4.78 is 12.7. The molecule has 2 aromatic heterocycles. The lowest BCUT2D eigenvalue weighted by Gasteiger charge is -2.12. The number of hydrogen-bond acceptors (Lipinski definition) is 7. The molecule has 3 heterocycles. The van der Waals surface area contributed by atoms with Gasteiger partial charge in [0.2, 0.25) is 5.28 Å². The molecule has 1 aliphatic heterocycles. The number of rotatable bonds is 8. The third kappa shape index (κ3) is 4.71. The molecule has 11 heteroatoms. The monoisotopic (exact) mass is 429 g/mol. The second kappa shape index (κ2) is 9.02. The number of ether oxygens (including phenoxy) is 2. The van der Waals surface area contributed by atoms with Gasteiger partial charge >= 0.3 is 11.6 Å². The van der Waals surface area contributed by atoms with Crippen LogP contribution in [0.1, 0.15) is 37.2 Å². The van der Waals surface area contributed by atoms with E-state index in [9.17, 15) is 10.1 Å². The summed E-state index contributed by atoms with van der Waals surface area (Å²) in [6.45, 7) is 5.11. The van der Waals surface area contributed by atoms with Gasteiger partial charge in [-0.2, -0.15) is 0 Å². The van der Waals surface area contributed by atoms with Crippen LogP contribution in [0.5, 0.6) is 5.88 Å². The Bertz CT molecular complexity index is 854. The lowest BCUT2D eigenvalue weighted by molar-refractivity contribution is -0.386. The Kier molecular flexibility index (Phi) is 6.69. The van der Waals surface area contributed by atoms with Crippen LogP contribution in [0, 0.1) is 23.0 Å². The summed E-state index contributed by atoms with van der Waals surface area (Å²) in [5, 5.41) is 16.4. The van der Waals surface area contributed by atoms with E-state index in [4.69, 9.17) is 32.7 Å². The van der Waals surface area contributed by atoms with Crippen LogP contribution >= 0.6 is 23.2 Å². The highest BCUT2D eigenvalue weighted by Crippen LogP contribution is 2.33. The average Bonchev–Trinajstić information content (AvgIpc) is 3.26. The molecule has 3 rings (SSSR count). The highest BCUT2D eigenvalue weighted by molar-refractivity contribution is 6.31. The number of hydrogen-bond donors (Lipinski definition) is 0. The van der Waals surface area contributed by atoms with Crippen molar-refractivity contribution in [2.75, 3.05) is 19.8 Å². The van der Waals surface area contributed by atoms with E-state index in [-0.39, 0.29) is 35.4 Å².